The van der Waals surface area contributed by atoms with Gasteiger partial charge in [-0.2, -0.15) is 0 Å². The molecule has 2 aromatic carbocycles. The Kier molecular flexibility index (Phi) is 3.98. The molecule has 0 heterocycles. The van der Waals surface area contributed by atoms with E-state index in [0.29, 0.717) is 17.0 Å². The number of hydrogen-bond acceptors (Lipinski definition) is 3. The molecule has 19 heavy (non-hydrogen) atoms. The van der Waals surface area contributed by atoms with E-state index in [4.69, 9.17) is 10.5 Å². The molecule has 96 valence electrons. The third kappa shape index (κ3) is 3.22. The minimum Gasteiger partial charge on any atom is -0.497 e. The van der Waals surface area contributed by atoms with Crippen molar-refractivity contribution in [1.29, 1.82) is 0 Å². The van der Waals surface area contributed by atoms with Crippen LogP contribution >= 0.6 is 0 Å². The molecule has 2 N–H and O–H groups in total. The van der Waals surface area contributed by atoms with Crippen LogP contribution in [-0.2, 0) is 0 Å². The van der Waals surface area contributed by atoms with Gasteiger partial charge < -0.3 is 10.5 Å². The molecule has 0 atom stereocenters. The van der Waals surface area contributed by atoms with Gasteiger partial charge in [0.25, 0.3) is 0 Å². The normalized spacial score (nSPS) is 10.6. The van der Waals surface area contributed by atoms with Crippen LogP contribution in [0.25, 0.3) is 6.08 Å². The largest absolute Gasteiger partial charge is 0.497 e. The summed E-state index contributed by atoms with van der Waals surface area (Å²) >= 11 is 0. The van der Waals surface area contributed by atoms with Crippen LogP contribution in [0.2, 0.25) is 0 Å². The first kappa shape index (κ1) is 12.9. The average molecular weight is 253 g/mol. The first-order chi connectivity index (χ1) is 9.20. The Hall–Kier alpha value is -2.55. The quantitative estimate of drug-likeness (QED) is 0.517. The number of carbonyl (C=O) groups excluding carboxylic acids is 1. The number of anilines is 1. The zero-order valence-electron chi connectivity index (χ0n) is 10.7. The van der Waals surface area contributed by atoms with Crippen molar-refractivity contribution in [3.05, 3.63) is 65.7 Å². The summed E-state index contributed by atoms with van der Waals surface area (Å²) in [5.74, 6) is 0.656. The van der Waals surface area contributed by atoms with Gasteiger partial charge in [-0.3, -0.25) is 4.79 Å². The van der Waals surface area contributed by atoms with Crippen molar-refractivity contribution < 1.29 is 9.53 Å². The van der Waals surface area contributed by atoms with Gasteiger partial charge in [-0.15, -0.1) is 0 Å². The third-order valence-electron chi connectivity index (χ3n) is 2.77. The van der Waals surface area contributed by atoms with Gasteiger partial charge in [-0.05, 0) is 30.4 Å². The smallest absolute Gasteiger partial charge is 0.185 e. The Labute approximate surface area is 112 Å². The van der Waals surface area contributed by atoms with Crippen molar-refractivity contribution in [3.63, 3.8) is 0 Å². The molecule has 0 saturated heterocycles. The van der Waals surface area contributed by atoms with Crippen molar-refractivity contribution in [1.82, 2.24) is 0 Å². The van der Waals surface area contributed by atoms with E-state index in [1.807, 2.05) is 18.2 Å². The zero-order valence-corrected chi connectivity index (χ0v) is 10.7. The van der Waals surface area contributed by atoms with Gasteiger partial charge >= 0.3 is 0 Å². The minimum absolute atomic E-state index is 0.0529. The van der Waals surface area contributed by atoms with Crippen LogP contribution in [0.4, 0.5) is 5.69 Å². The first-order valence-corrected chi connectivity index (χ1v) is 5.91. The molecule has 0 saturated carbocycles. The molecular formula is C16H15NO2. The van der Waals surface area contributed by atoms with Crippen molar-refractivity contribution in [2.75, 3.05) is 12.8 Å². The summed E-state index contributed by atoms with van der Waals surface area (Å²) in [5, 5.41) is 0. The lowest BCUT2D eigenvalue weighted by molar-refractivity contribution is 0.104. The number of methoxy groups -OCH3 is 1. The van der Waals surface area contributed by atoms with E-state index in [9.17, 15) is 4.79 Å². The molecule has 0 unspecified atom stereocenters. The highest BCUT2D eigenvalue weighted by Crippen LogP contribution is 2.20. The summed E-state index contributed by atoms with van der Waals surface area (Å²) in [6.07, 6.45) is 3.22. The molecule has 3 nitrogen and oxygen atoms in total. The maximum atomic E-state index is 11.9. The Morgan fingerprint density at radius 2 is 1.89 bits per heavy atom. The van der Waals surface area contributed by atoms with E-state index in [-0.39, 0.29) is 5.78 Å². The van der Waals surface area contributed by atoms with Crippen LogP contribution < -0.4 is 10.5 Å². The maximum absolute atomic E-state index is 11.9. The predicted octanol–water partition coefficient (Wildman–Crippen LogP) is 3.17. The molecule has 0 spiro atoms. The molecule has 3 heteroatoms. The number of allylic oxidation sites excluding steroid dienone is 1. The summed E-state index contributed by atoms with van der Waals surface area (Å²) in [7, 11) is 1.59. The second kappa shape index (κ2) is 5.87. The molecule has 0 aliphatic heterocycles. The van der Waals surface area contributed by atoms with Gasteiger partial charge in [0, 0.05) is 16.8 Å². The number of nitrogen functional groups attached to an aromatic ring is 1. The summed E-state index contributed by atoms with van der Waals surface area (Å²) in [6, 6.07) is 14.4. The monoisotopic (exact) mass is 253 g/mol. The Balaban J connectivity index is 2.21. The van der Waals surface area contributed by atoms with Crippen molar-refractivity contribution in [2.24, 2.45) is 0 Å². The van der Waals surface area contributed by atoms with Gasteiger partial charge in [0.05, 0.1) is 7.11 Å². The highest BCUT2D eigenvalue weighted by atomic mass is 16.5. The van der Waals surface area contributed by atoms with Crippen LogP contribution in [0.15, 0.2) is 54.6 Å². The molecule has 0 aliphatic carbocycles. The molecule has 0 aliphatic rings. The SMILES string of the molecule is COc1ccc(N)c(/C=C/C(=O)c2ccccc2)c1. The van der Waals surface area contributed by atoms with Crippen molar-refractivity contribution >= 4 is 17.5 Å². The molecular weight excluding hydrogens is 238 g/mol. The van der Waals surface area contributed by atoms with Crippen LogP contribution in [0.5, 0.6) is 5.75 Å². The van der Waals surface area contributed by atoms with Crippen LogP contribution in [0.3, 0.4) is 0 Å². The molecule has 0 amide bonds. The number of benzene rings is 2. The minimum atomic E-state index is -0.0529. The molecule has 2 rings (SSSR count). The lowest BCUT2D eigenvalue weighted by Gasteiger charge is -2.04. The Bertz CT molecular complexity index is 603. The highest BCUT2D eigenvalue weighted by molar-refractivity contribution is 6.07. The molecule has 0 bridgehead atoms. The van der Waals surface area contributed by atoms with Gasteiger partial charge in [0.15, 0.2) is 5.78 Å². The van der Waals surface area contributed by atoms with Gasteiger partial charge in [0.2, 0.25) is 0 Å². The summed E-state index contributed by atoms with van der Waals surface area (Å²) in [4.78, 5) is 11.9. The molecule has 0 aromatic heterocycles. The second-order valence-electron chi connectivity index (χ2n) is 4.06. The van der Waals surface area contributed by atoms with Gasteiger partial charge in [0.1, 0.15) is 5.75 Å². The third-order valence-corrected chi connectivity index (χ3v) is 2.77. The maximum Gasteiger partial charge on any atom is 0.185 e. The molecule has 2 aromatic rings. The standard InChI is InChI=1S/C16H15NO2/c1-19-14-8-9-15(17)13(11-14)7-10-16(18)12-5-3-2-4-6-12/h2-11H,17H2,1H3/b10-7+. The Morgan fingerprint density at radius 3 is 2.58 bits per heavy atom. The van der Waals surface area contributed by atoms with Crippen LogP contribution in [0, 0.1) is 0 Å². The lowest BCUT2D eigenvalue weighted by Crippen LogP contribution is -1.94. The number of rotatable bonds is 4. The molecule has 0 radical (unpaired) electrons. The number of ether oxygens (including phenoxy) is 1. The summed E-state index contributed by atoms with van der Waals surface area (Å²) < 4.78 is 5.13. The van der Waals surface area contributed by atoms with E-state index in [1.54, 1.807) is 43.5 Å². The van der Waals surface area contributed by atoms with E-state index < -0.39 is 0 Å². The number of carbonyl (C=O) groups is 1. The summed E-state index contributed by atoms with van der Waals surface area (Å²) in [5.41, 5.74) is 7.88. The zero-order chi connectivity index (χ0) is 13.7. The molecule has 0 fully saturated rings. The van der Waals surface area contributed by atoms with Gasteiger partial charge in [-0.1, -0.05) is 30.3 Å². The number of ketones is 1. The fourth-order valence-corrected chi connectivity index (χ4v) is 1.69. The average Bonchev–Trinajstić information content (AvgIpc) is 2.47. The van der Waals surface area contributed by atoms with E-state index >= 15 is 0 Å². The van der Waals surface area contributed by atoms with Crippen molar-refractivity contribution in [3.8, 4) is 5.75 Å². The topological polar surface area (TPSA) is 52.3 Å². The van der Waals surface area contributed by atoms with Gasteiger partial charge in [-0.25, -0.2) is 0 Å². The fourth-order valence-electron chi connectivity index (χ4n) is 1.69. The number of nitrogens with two attached hydrogens (primary N) is 1. The highest BCUT2D eigenvalue weighted by Gasteiger charge is 2.02. The summed E-state index contributed by atoms with van der Waals surface area (Å²) in [6.45, 7) is 0. The van der Waals surface area contributed by atoms with Crippen LogP contribution in [0.1, 0.15) is 15.9 Å². The second-order valence-corrected chi connectivity index (χ2v) is 4.06. The first-order valence-electron chi connectivity index (χ1n) is 5.91. The predicted molar refractivity (Wildman–Crippen MR) is 77.2 cm³/mol. The van der Waals surface area contributed by atoms with Crippen LogP contribution in [-0.4, -0.2) is 12.9 Å². The number of hydrogen-bond donors (Lipinski definition) is 1. The van der Waals surface area contributed by atoms with E-state index in [2.05, 4.69) is 0 Å². The fraction of sp³-hybridized carbons (Fsp3) is 0.0625. The van der Waals surface area contributed by atoms with E-state index in [1.165, 1.54) is 6.08 Å². The Morgan fingerprint density at radius 1 is 1.16 bits per heavy atom. The van der Waals surface area contributed by atoms with Crippen molar-refractivity contribution in [2.45, 2.75) is 0 Å². The van der Waals surface area contributed by atoms with E-state index in [0.717, 1.165) is 5.56 Å². The lowest BCUT2D eigenvalue weighted by atomic mass is 10.1.